The van der Waals surface area contributed by atoms with Gasteiger partial charge in [0, 0.05) is 0 Å². The average Bonchev–Trinajstić information content (AvgIpc) is 2.64. The summed E-state index contributed by atoms with van der Waals surface area (Å²) in [7, 11) is 0. The molecule has 5 heteroatoms. The van der Waals surface area contributed by atoms with Crippen LogP contribution in [0.25, 0.3) is 0 Å². The minimum absolute atomic E-state index is 0.178. The minimum Gasteiger partial charge on any atom is -0.480 e. The number of carboxylic acid groups (broad SMARTS) is 1. The van der Waals surface area contributed by atoms with Gasteiger partial charge in [0.15, 0.2) is 0 Å². The van der Waals surface area contributed by atoms with E-state index in [1.807, 2.05) is 0 Å². The van der Waals surface area contributed by atoms with Gasteiger partial charge in [-0.15, -0.1) is 6.58 Å². The second kappa shape index (κ2) is 5.16. The zero-order chi connectivity index (χ0) is 12.1. The summed E-state index contributed by atoms with van der Waals surface area (Å²) >= 11 is 0. The molecule has 1 aromatic rings. The molecule has 0 bridgehead atoms. The van der Waals surface area contributed by atoms with Crippen LogP contribution in [0.3, 0.4) is 0 Å². The van der Waals surface area contributed by atoms with Crippen LogP contribution in [-0.2, 0) is 4.79 Å². The molecule has 2 N–H and O–H groups in total. The third-order valence-corrected chi connectivity index (χ3v) is 2.00. The summed E-state index contributed by atoms with van der Waals surface area (Å²) < 4.78 is 4.96. The van der Waals surface area contributed by atoms with E-state index in [9.17, 15) is 9.59 Å². The maximum Gasteiger partial charge on any atom is 0.326 e. The molecule has 0 aliphatic heterocycles. The van der Waals surface area contributed by atoms with Crippen LogP contribution in [0.15, 0.2) is 29.4 Å². The van der Waals surface area contributed by atoms with Gasteiger partial charge in [0.2, 0.25) is 0 Å². The minimum atomic E-state index is -1.09. The van der Waals surface area contributed by atoms with Crippen molar-refractivity contribution in [3.63, 3.8) is 0 Å². The predicted molar refractivity (Wildman–Crippen MR) is 57.1 cm³/mol. The number of rotatable bonds is 5. The number of aliphatic carboxylic acids is 1. The number of furan rings is 1. The highest BCUT2D eigenvalue weighted by Crippen LogP contribution is 2.06. The van der Waals surface area contributed by atoms with E-state index in [1.54, 1.807) is 13.0 Å². The summed E-state index contributed by atoms with van der Waals surface area (Å²) in [4.78, 5) is 22.4. The Bertz CT molecular complexity index is 408. The first-order valence-corrected chi connectivity index (χ1v) is 4.74. The number of nitrogens with one attached hydrogen (secondary N) is 1. The van der Waals surface area contributed by atoms with Gasteiger partial charge in [0.1, 0.15) is 18.1 Å². The molecular formula is C11H13NO4. The highest BCUT2D eigenvalue weighted by atomic mass is 16.4. The number of carboxylic acids is 1. The van der Waals surface area contributed by atoms with Gasteiger partial charge in [0.05, 0.1) is 5.56 Å². The quantitative estimate of drug-likeness (QED) is 0.738. The number of carbonyl (C=O) groups excluding carboxylic acids is 1. The number of amides is 1. The summed E-state index contributed by atoms with van der Waals surface area (Å²) in [6, 6.07) is 0.586. The van der Waals surface area contributed by atoms with Crippen molar-refractivity contribution < 1.29 is 19.1 Å². The molecule has 0 saturated carbocycles. The van der Waals surface area contributed by atoms with Crippen molar-refractivity contribution >= 4 is 11.9 Å². The summed E-state index contributed by atoms with van der Waals surface area (Å²) in [5, 5.41) is 11.2. The van der Waals surface area contributed by atoms with E-state index in [-0.39, 0.29) is 6.42 Å². The molecule has 1 aromatic heterocycles. The molecule has 1 amide bonds. The zero-order valence-electron chi connectivity index (χ0n) is 8.90. The average molecular weight is 223 g/mol. The smallest absolute Gasteiger partial charge is 0.326 e. The van der Waals surface area contributed by atoms with Crippen LogP contribution in [-0.4, -0.2) is 23.0 Å². The lowest BCUT2D eigenvalue weighted by molar-refractivity contribution is -0.139. The Hall–Kier alpha value is -2.04. The molecule has 0 aliphatic carbocycles. The van der Waals surface area contributed by atoms with E-state index in [0.29, 0.717) is 11.3 Å². The van der Waals surface area contributed by atoms with Gasteiger partial charge in [0.25, 0.3) is 5.91 Å². The van der Waals surface area contributed by atoms with Crippen molar-refractivity contribution in [2.75, 3.05) is 0 Å². The molecule has 1 unspecified atom stereocenters. The van der Waals surface area contributed by atoms with E-state index in [1.165, 1.54) is 12.3 Å². The van der Waals surface area contributed by atoms with E-state index in [2.05, 4.69) is 11.9 Å². The van der Waals surface area contributed by atoms with Crippen molar-refractivity contribution in [2.45, 2.75) is 19.4 Å². The highest BCUT2D eigenvalue weighted by Gasteiger charge is 2.19. The summed E-state index contributed by atoms with van der Waals surface area (Å²) in [6.45, 7) is 5.14. The Labute approximate surface area is 92.8 Å². The molecule has 1 heterocycles. The fourth-order valence-corrected chi connectivity index (χ4v) is 1.19. The molecule has 16 heavy (non-hydrogen) atoms. The molecule has 0 aliphatic rings. The van der Waals surface area contributed by atoms with Crippen LogP contribution in [0, 0.1) is 6.92 Å². The van der Waals surface area contributed by atoms with Gasteiger partial charge < -0.3 is 14.8 Å². The van der Waals surface area contributed by atoms with E-state index < -0.39 is 17.9 Å². The summed E-state index contributed by atoms with van der Waals surface area (Å²) in [5.74, 6) is -0.958. The predicted octanol–water partition coefficient (Wildman–Crippen LogP) is 1.35. The van der Waals surface area contributed by atoms with E-state index in [0.717, 1.165) is 0 Å². The Morgan fingerprint density at radius 3 is 2.81 bits per heavy atom. The van der Waals surface area contributed by atoms with Crippen LogP contribution in [0.2, 0.25) is 0 Å². The standard InChI is InChI=1S/C11H13NO4/c1-3-4-9(11(14)15)12-10(13)8-5-7(2)16-6-8/h3,5-6,9H,1,4H2,2H3,(H,12,13)(H,14,15). The Morgan fingerprint density at radius 2 is 2.38 bits per heavy atom. The maximum atomic E-state index is 11.6. The largest absolute Gasteiger partial charge is 0.480 e. The van der Waals surface area contributed by atoms with Crippen molar-refractivity contribution in [2.24, 2.45) is 0 Å². The molecule has 0 saturated heterocycles. The molecule has 86 valence electrons. The lowest BCUT2D eigenvalue weighted by atomic mass is 10.2. The zero-order valence-corrected chi connectivity index (χ0v) is 8.90. The van der Waals surface area contributed by atoms with Crippen LogP contribution in [0.4, 0.5) is 0 Å². The lowest BCUT2D eigenvalue weighted by Crippen LogP contribution is -2.40. The van der Waals surface area contributed by atoms with Gasteiger partial charge in [-0.2, -0.15) is 0 Å². The molecule has 0 spiro atoms. The molecule has 0 fully saturated rings. The van der Waals surface area contributed by atoms with Gasteiger partial charge in [-0.3, -0.25) is 4.79 Å². The second-order valence-electron chi connectivity index (χ2n) is 3.33. The third kappa shape index (κ3) is 2.98. The summed E-state index contributed by atoms with van der Waals surface area (Å²) in [5.41, 5.74) is 0.313. The highest BCUT2D eigenvalue weighted by molar-refractivity contribution is 5.96. The number of aryl methyl sites for hydroxylation is 1. The first kappa shape index (κ1) is 12.0. The van der Waals surface area contributed by atoms with E-state index >= 15 is 0 Å². The molecular weight excluding hydrogens is 210 g/mol. The van der Waals surface area contributed by atoms with Crippen LogP contribution >= 0.6 is 0 Å². The number of hydrogen-bond donors (Lipinski definition) is 2. The fraction of sp³-hybridized carbons (Fsp3) is 0.273. The summed E-state index contributed by atoms with van der Waals surface area (Å²) in [6.07, 6.45) is 2.91. The van der Waals surface area contributed by atoms with Gasteiger partial charge in [-0.05, 0) is 19.4 Å². The Balaban J connectivity index is 2.68. The first-order chi connectivity index (χ1) is 7.54. The van der Waals surface area contributed by atoms with Crippen molar-refractivity contribution in [1.82, 2.24) is 5.32 Å². The topological polar surface area (TPSA) is 79.5 Å². The SMILES string of the molecule is C=CCC(NC(=O)c1coc(C)c1)C(=O)O. The monoisotopic (exact) mass is 223 g/mol. The molecule has 1 rings (SSSR count). The maximum absolute atomic E-state index is 11.6. The number of carbonyl (C=O) groups is 2. The molecule has 1 atom stereocenters. The second-order valence-corrected chi connectivity index (χ2v) is 3.33. The number of hydrogen-bond acceptors (Lipinski definition) is 3. The lowest BCUT2D eigenvalue weighted by Gasteiger charge is -2.11. The van der Waals surface area contributed by atoms with Crippen molar-refractivity contribution in [1.29, 1.82) is 0 Å². The third-order valence-electron chi connectivity index (χ3n) is 2.00. The Morgan fingerprint density at radius 1 is 1.69 bits per heavy atom. The van der Waals surface area contributed by atoms with Gasteiger partial charge >= 0.3 is 5.97 Å². The van der Waals surface area contributed by atoms with Crippen LogP contribution < -0.4 is 5.32 Å². The molecule has 0 aromatic carbocycles. The van der Waals surface area contributed by atoms with Gasteiger partial charge in [-0.1, -0.05) is 6.08 Å². The molecule has 5 nitrogen and oxygen atoms in total. The fourth-order valence-electron chi connectivity index (χ4n) is 1.19. The van der Waals surface area contributed by atoms with Crippen molar-refractivity contribution in [3.05, 3.63) is 36.3 Å². The van der Waals surface area contributed by atoms with Crippen LogP contribution in [0.1, 0.15) is 22.5 Å². The van der Waals surface area contributed by atoms with E-state index in [4.69, 9.17) is 9.52 Å². The normalized spacial score (nSPS) is 11.8. The van der Waals surface area contributed by atoms with Gasteiger partial charge in [-0.25, -0.2) is 4.79 Å². The molecule has 0 radical (unpaired) electrons. The first-order valence-electron chi connectivity index (χ1n) is 4.74. The van der Waals surface area contributed by atoms with Crippen molar-refractivity contribution in [3.8, 4) is 0 Å². The van der Waals surface area contributed by atoms with Crippen LogP contribution in [0.5, 0.6) is 0 Å². The Kier molecular flexibility index (Phi) is 3.88.